The van der Waals surface area contributed by atoms with Gasteiger partial charge in [0.1, 0.15) is 0 Å². The van der Waals surface area contributed by atoms with Crippen molar-refractivity contribution in [1.29, 1.82) is 0 Å². The lowest BCUT2D eigenvalue weighted by atomic mass is 9.90. The van der Waals surface area contributed by atoms with E-state index in [0.717, 1.165) is 33.2 Å². The van der Waals surface area contributed by atoms with Gasteiger partial charge in [0.05, 0.1) is 16.5 Å². The van der Waals surface area contributed by atoms with E-state index >= 15 is 0 Å². The number of rotatable bonds is 9. The van der Waals surface area contributed by atoms with Crippen LogP contribution in [0.2, 0.25) is 10.0 Å². The fourth-order valence-electron chi connectivity index (χ4n) is 4.62. The van der Waals surface area contributed by atoms with Gasteiger partial charge in [0.2, 0.25) is 0 Å². The number of pyridine rings is 1. The van der Waals surface area contributed by atoms with Gasteiger partial charge in [0.15, 0.2) is 21.1 Å². The summed E-state index contributed by atoms with van der Waals surface area (Å²) in [4.78, 5) is 18.2. The number of hydrazine groups is 1. The maximum Gasteiger partial charge on any atom is 0.185 e. The number of fused-ring (bicyclic) bond motifs is 1. The minimum atomic E-state index is -3.72. The summed E-state index contributed by atoms with van der Waals surface area (Å²) in [6.07, 6.45) is 1.75. The first-order valence-electron chi connectivity index (χ1n) is 12.7. The Labute approximate surface area is 245 Å². The smallest absolute Gasteiger partial charge is 0.185 e. The summed E-state index contributed by atoms with van der Waals surface area (Å²) in [6.45, 7) is 3.84. The average Bonchev–Trinajstić information content (AvgIpc) is 2.91. The van der Waals surface area contributed by atoms with Crippen LogP contribution in [0.4, 0.5) is 0 Å². The van der Waals surface area contributed by atoms with Crippen molar-refractivity contribution >= 4 is 49.6 Å². The zero-order valence-electron chi connectivity index (χ0n) is 23.0. The van der Waals surface area contributed by atoms with Crippen LogP contribution in [0.25, 0.3) is 22.0 Å². The van der Waals surface area contributed by atoms with Crippen molar-refractivity contribution in [3.8, 4) is 11.3 Å². The summed E-state index contributed by atoms with van der Waals surface area (Å²) < 4.78 is 25.7. The highest BCUT2D eigenvalue weighted by Crippen LogP contribution is 2.36. The zero-order chi connectivity index (χ0) is 29.4. The standard InChI is InChI=1S/C30H32Cl2N4O3S/c1-18-7-6-8-21-13-14-34-28(27(18)21)24-16-22(10-12-25(24)31)19(2)29(37)23-11-9-20(15-26(23)32)17-40(38,39)30(33)36(5)35(3)4/h6-16,19,30H,17,33H2,1-5H3. The van der Waals surface area contributed by atoms with Crippen LogP contribution >= 0.6 is 23.2 Å². The van der Waals surface area contributed by atoms with Crippen LogP contribution in [-0.4, -0.2) is 55.8 Å². The number of hydrogen-bond acceptors (Lipinski definition) is 7. The number of halogens is 2. The number of hydrogen-bond donors (Lipinski definition) is 1. The lowest BCUT2D eigenvalue weighted by molar-refractivity contribution is 0.0422. The quantitative estimate of drug-likeness (QED) is 0.142. The largest absolute Gasteiger partial charge is 0.302 e. The third-order valence-electron chi connectivity index (χ3n) is 7.17. The molecule has 1 aromatic heterocycles. The number of carbonyl (C=O) groups excluding carboxylic acids is 1. The summed E-state index contributed by atoms with van der Waals surface area (Å²) in [5.74, 6) is -1.05. The van der Waals surface area contributed by atoms with Gasteiger partial charge in [-0.1, -0.05) is 60.5 Å². The number of nitrogens with two attached hydrogens (primary N) is 1. The fraction of sp³-hybridized carbons (Fsp3) is 0.267. The molecule has 0 amide bonds. The molecule has 0 fully saturated rings. The summed E-state index contributed by atoms with van der Waals surface area (Å²) in [6, 6.07) is 18.2. The number of carbonyl (C=O) groups is 1. The number of Topliss-reactive ketones (excluding diaryl/α,β-unsaturated/α-hetero) is 1. The first-order valence-corrected chi connectivity index (χ1v) is 15.1. The Kier molecular flexibility index (Phi) is 8.99. The predicted molar refractivity (Wildman–Crippen MR) is 163 cm³/mol. The van der Waals surface area contributed by atoms with Gasteiger partial charge >= 0.3 is 0 Å². The lowest BCUT2D eigenvalue weighted by Crippen LogP contribution is -2.51. The van der Waals surface area contributed by atoms with E-state index in [1.165, 1.54) is 11.1 Å². The molecule has 0 radical (unpaired) electrons. The van der Waals surface area contributed by atoms with Gasteiger partial charge in [-0.2, -0.15) is 0 Å². The minimum Gasteiger partial charge on any atom is -0.302 e. The number of sulfone groups is 1. The molecule has 7 nitrogen and oxygen atoms in total. The first-order chi connectivity index (χ1) is 18.8. The molecule has 0 bridgehead atoms. The number of aryl methyl sites for hydroxylation is 1. The van der Waals surface area contributed by atoms with Crippen LogP contribution < -0.4 is 5.73 Å². The molecule has 2 N–H and O–H groups in total. The second-order valence-corrected chi connectivity index (χ2v) is 13.0. The minimum absolute atomic E-state index is 0.180. The molecular formula is C30H32Cl2N4O3S. The molecule has 2 atom stereocenters. The monoisotopic (exact) mass is 598 g/mol. The SMILES string of the molecule is Cc1cccc2ccnc(-c3cc(C(C)C(=O)c4ccc(CS(=O)(=O)C(N)N(C)N(C)C)cc4Cl)ccc3Cl)c12. The first kappa shape index (κ1) is 30.1. The van der Waals surface area contributed by atoms with E-state index in [-0.39, 0.29) is 16.6 Å². The molecular weight excluding hydrogens is 567 g/mol. The number of aromatic nitrogens is 1. The third-order valence-corrected chi connectivity index (χ3v) is 9.59. The van der Waals surface area contributed by atoms with Crippen molar-refractivity contribution in [2.45, 2.75) is 31.0 Å². The molecule has 3 aromatic carbocycles. The molecule has 0 aliphatic heterocycles. The molecule has 0 aliphatic rings. The lowest BCUT2D eigenvalue weighted by Gasteiger charge is -2.29. The number of benzene rings is 3. The van der Waals surface area contributed by atoms with Crippen molar-refractivity contribution < 1.29 is 13.2 Å². The van der Waals surface area contributed by atoms with Gasteiger partial charge in [0, 0.05) is 54.8 Å². The topological polar surface area (TPSA) is 96.6 Å². The molecule has 0 saturated carbocycles. The summed E-state index contributed by atoms with van der Waals surface area (Å²) >= 11 is 13.1. The van der Waals surface area contributed by atoms with E-state index < -0.39 is 21.3 Å². The summed E-state index contributed by atoms with van der Waals surface area (Å²) in [5, 5.41) is 5.80. The van der Waals surface area contributed by atoms with Crippen molar-refractivity contribution in [3.05, 3.63) is 99.2 Å². The van der Waals surface area contributed by atoms with Gasteiger partial charge in [-0.25, -0.2) is 18.4 Å². The maximum atomic E-state index is 13.6. The highest BCUT2D eigenvalue weighted by atomic mass is 35.5. The van der Waals surface area contributed by atoms with Crippen LogP contribution in [0.1, 0.15) is 39.9 Å². The van der Waals surface area contributed by atoms with Crippen molar-refractivity contribution in [2.24, 2.45) is 5.73 Å². The van der Waals surface area contributed by atoms with E-state index in [1.54, 1.807) is 50.5 Å². The fourth-order valence-corrected chi connectivity index (χ4v) is 6.59. The Morgan fingerprint density at radius 2 is 1.73 bits per heavy atom. The Morgan fingerprint density at radius 1 is 1.00 bits per heavy atom. The van der Waals surface area contributed by atoms with Gasteiger partial charge in [-0.3, -0.25) is 9.78 Å². The average molecular weight is 600 g/mol. The van der Waals surface area contributed by atoms with E-state index in [9.17, 15) is 13.2 Å². The number of nitrogens with zero attached hydrogens (tertiary/aromatic N) is 3. The molecule has 10 heteroatoms. The highest BCUT2D eigenvalue weighted by molar-refractivity contribution is 7.91. The molecule has 0 spiro atoms. The normalized spacial score (nSPS) is 13.7. The summed E-state index contributed by atoms with van der Waals surface area (Å²) in [7, 11) is 1.29. The molecule has 4 aromatic rings. The van der Waals surface area contributed by atoms with Crippen molar-refractivity contribution in [2.75, 3.05) is 21.1 Å². The molecule has 2 unspecified atom stereocenters. The second-order valence-electron chi connectivity index (χ2n) is 10.1. The molecule has 4 rings (SSSR count). The van der Waals surface area contributed by atoms with Crippen LogP contribution in [0.15, 0.2) is 66.9 Å². The van der Waals surface area contributed by atoms with E-state index in [2.05, 4.69) is 4.98 Å². The van der Waals surface area contributed by atoms with Gasteiger partial charge < -0.3 is 5.73 Å². The van der Waals surface area contributed by atoms with Gasteiger partial charge in [-0.15, -0.1) is 0 Å². The molecule has 40 heavy (non-hydrogen) atoms. The maximum absolute atomic E-state index is 13.6. The van der Waals surface area contributed by atoms with Crippen LogP contribution in [-0.2, 0) is 15.6 Å². The molecule has 0 aliphatic carbocycles. The third kappa shape index (κ3) is 6.07. The van der Waals surface area contributed by atoms with Crippen LogP contribution in [0, 0.1) is 6.92 Å². The zero-order valence-corrected chi connectivity index (χ0v) is 25.3. The molecule has 1 heterocycles. The van der Waals surface area contributed by atoms with E-state index in [4.69, 9.17) is 28.9 Å². The Balaban J connectivity index is 1.62. The Morgan fingerprint density at radius 3 is 2.40 bits per heavy atom. The molecule has 210 valence electrons. The Hall–Kier alpha value is -2.85. The summed E-state index contributed by atoms with van der Waals surface area (Å²) in [5.41, 5.74) is 8.83. The highest BCUT2D eigenvalue weighted by Gasteiger charge is 2.28. The van der Waals surface area contributed by atoms with Crippen molar-refractivity contribution in [1.82, 2.24) is 15.0 Å². The van der Waals surface area contributed by atoms with Crippen LogP contribution in [0.3, 0.4) is 0 Å². The van der Waals surface area contributed by atoms with Crippen molar-refractivity contribution in [3.63, 3.8) is 0 Å². The second kappa shape index (κ2) is 11.9. The number of ketones is 1. The molecule has 0 saturated heterocycles. The van der Waals surface area contributed by atoms with E-state index in [0.29, 0.717) is 16.1 Å². The predicted octanol–water partition coefficient (Wildman–Crippen LogP) is 6.07. The Bertz CT molecular complexity index is 1690. The van der Waals surface area contributed by atoms with Gasteiger partial charge in [0.25, 0.3) is 0 Å². The van der Waals surface area contributed by atoms with E-state index in [1.807, 2.05) is 50.2 Å². The van der Waals surface area contributed by atoms with Gasteiger partial charge in [-0.05, 0) is 59.3 Å². The van der Waals surface area contributed by atoms with Crippen LogP contribution in [0.5, 0.6) is 0 Å².